The van der Waals surface area contributed by atoms with Gasteiger partial charge in [-0.3, -0.25) is 9.59 Å². The highest BCUT2D eigenvalue weighted by Crippen LogP contribution is 2.44. The molecule has 0 unspecified atom stereocenters. The molecule has 1 amide bonds. The molecule has 1 saturated carbocycles. The molecular formula is C16H18BrNO3. The van der Waals surface area contributed by atoms with E-state index >= 15 is 0 Å². The number of carbonyl (C=O) groups excluding carboxylic acids is 2. The van der Waals surface area contributed by atoms with Crippen molar-refractivity contribution in [1.82, 2.24) is 0 Å². The maximum atomic E-state index is 12.6. The van der Waals surface area contributed by atoms with Crippen molar-refractivity contribution in [2.24, 2.45) is 5.92 Å². The number of carbonyl (C=O) groups is 2. The van der Waals surface area contributed by atoms with Gasteiger partial charge in [-0.2, -0.15) is 0 Å². The Labute approximate surface area is 132 Å². The van der Waals surface area contributed by atoms with Crippen molar-refractivity contribution in [3.8, 4) is 0 Å². The van der Waals surface area contributed by atoms with Gasteiger partial charge >= 0.3 is 5.97 Å². The van der Waals surface area contributed by atoms with Crippen LogP contribution < -0.4 is 5.32 Å². The fourth-order valence-corrected chi connectivity index (χ4v) is 3.65. The lowest BCUT2D eigenvalue weighted by Gasteiger charge is -2.36. The molecule has 1 atom stereocenters. The standard InChI is InChI=1S/C16H18BrNO3/c17-11-4-6-12(7-5-11)18-15(20)13-10-14(19)21-16(13)8-2-1-3-9-16/h4-7,13H,1-3,8-10H2,(H,18,20)/t13-/m1/s1. The average Bonchev–Trinajstić information content (AvgIpc) is 2.78. The van der Waals surface area contributed by atoms with E-state index < -0.39 is 5.60 Å². The van der Waals surface area contributed by atoms with Gasteiger partial charge in [-0.15, -0.1) is 0 Å². The number of esters is 1. The van der Waals surface area contributed by atoms with E-state index in [-0.39, 0.29) is 24.2 Å². The zero-order chi connectivity index (χ0) is 14.9. The van der Waals surface area contributed by atoms with E-state index in [1.165, 1.54) is 0 Å². The first kappa shape index (κ1) is 14.6. The maximum Gasteiger partial charge on any atom is 0.307 e. The number of anilines is 1. The van der Waals surface area contributed by atoms with Crippen LogP contribution in [0.5, 0.6) is 0 Å². The molecule has 1 spiro atoms. The fraction of sp³-hybridized carbons (Fsp3) is 0.500. The molecule has 112 valence electrons. The Morgan fingerprint density at radius 3 is 2.52 bits per heavy atom. The Bertz CT molecular complexity index is 549. The zero-order valence-corrected chi connectivity index (χ0v) is 13.3. The van der Waals surface area contributed by atoms with E-state index in [9.17, 15) is 9.59 Å². The molecule has 2 aliphatic rings. The summed E-state index contributed by atoms with van der Waals surface area (Å²) in [6.07, 6.45) is 5.00. The van der Waals surface area contributed by atoms with Crippen LogP contribution in [-0.4, -0.2) is 17.5 Å². The molecule has 2 fully saturated rings. The van der Waals surface area contributed by atoms with Gasteiger partial charge in [0, 0.05) is 10.2 Å². The average molecular weight is 352 g/mol. The first-order valence-electron chi connectivity index (χ1n) is 7.37. The van der Waals surface area contributed by atoms with Gasteiger partial charge in [0.15, 0.2) is 0 Å². The molecule has 1 N–H and O–H groups in total. The third-order valence-corrected chi connectivity index (χ3v) is 4.98. The quantitative estimate of drug-likeness (QED) is 0.827. The predicted molar refractivity (Wildman–Crippen MR) is 82.8 cm³/mol. The van der Waals surface area contributed by atoms with Gasteiger partial charge in [-0.05, 0) is 49.9 Å². The molecule has 0 aromatic heterocycles. The minimum atomic E-state index is -0.561. The number of benzene rings is 1. The van der Waals surface area contributed by atoms with E-state index in [0.717, 1.165) is 42.3 Å². The van der Waals surface area contributed by atoms with Crippen LogP contribution in [0.3, 0.4) is 0 Å². The third kappa shape index (κ3) is 2.98. The van der Waals surface area contributed by atoms with Crippen molar-refractivity contribution in [1.29, 1.82) is 0 Å². The summed E-state index contributed by atoms with van der Waals surface area (Å²) in [6, 6.07) is 7.44. The minimum absolute atomic E-state index is 0.106. The first-order valence-corrected chi connectivity index (χ1v) is 8.17. The van der Waals surface area contributed by atoms with Crippen LogP contribution in [-0.2, 0) is 14.3 Å². The van der Waals surface area contributed by atoms with Crippen molar-refractivity contribution in [2.45, 2.75) is 44.1 Å². The van der Waals surface area contributed by atoms with Gasteiger partial charge in [0.05, 0.1) is 12.3 Å². The van der Waals surface area contributed by atoms with Crippen LogP contribution in [0.2, 0.25) is 0 Å². The summed E-state index contributed by atoms with van der Waals surface area (Å²) in [7, 11) is 0. The van der Waals surface area contributed by atoms with Gasteiger partial charge in [0.1, 0.15) is 5.60 Å². The van der Waals surface area contributed by atoms with Gasteiger partial charge in [0.2, 0.25) is 5.91 Å². The first-order chi connectivity index (χ1) is 10.1. The van der Waals surface area contributed by atoms with Crippen molar-refractivity contribution < 1.29 is 14.3 Å². The molecule has 1 saturated heterocycles. The van der Waals surface area contributed by atoms with Crippen LogP contribution in [0, 0.1) is 5.92 Å². The zero-order valence-electron chi connectivity index (χ0n) is 11.7. The molecule has 3 rings (SSSR count). The van der Waals surface area contributed by atoms with Crippen molar-refractivity contribution in [2.75, 3.05) is 5.32 Å². The summed E-state index contributed by atoms with van der Waals surface area (Å²) >= 11 is 3.37. The summed E-state index contributed by atoms with van der Waals surface area (Å²) in [5, 5.41) is 2.91. The van der Waals surface area contributed by atoms with Gasteiger partial charge < -0.3 is 10.1 Å². The SMILES string of the molecule is O=C1C[C@H](C(=O)Nc2ccc(Br)cc2)C2(CCCCC2)O1. The number of ether oxygens (including phenoxy) is 1. The second kappa shape index (κ2) is 5.79. The fourth-order valence-electron chi connectivity index (χ4n) is 3.39. The van der Waals surface area contributed by atoms with E-state index in [1.54, 1.807) is 0 Å². The Kier molecular flexibility index (Phi) is 4.02. The molecule has 1 aromatic carbocycles. The lowest BCUT2D eigenvalue weighted by molar-refractivity contribution is -0.153. The van der Waals surface area contributed by atoms with Gasteiger partial charge in [0.25, 0.3) is 0 Å². The lowest BCUT2D eigenvalue weighted by Crippen LogP contribution is -2.43. The van der Waals surface area contributed by atoms with E-state index in [0.29, 0.717) is 0 Å². The molecule has 0 radical (unpaired) electrons. The summed E-state index contributed by atoms with van der Waals surface area (Å²) < 4.78 is 6.53. The van der Waals surface area contributed by atoms with E-state index in [1.807, 2.05) is 24.3 Å². The van der Waals surface area contributed by atoms with Crippen molar-refractivity contribution in [3.63, 3.8) is 0 Å². The summed E-state index contributed by atoms with van der Waals surface area (Å²) in [4.78, 5) is 24.3. The highest BCUT2D eigenvalue weighted by Gasteiger charge is 2.52. The second-order valence-electron chi connectivity index (χ2n) is 5.85. The molecule has 4 nitrogen and oxygen atoms in total. The van der Waals surface area contributed by atoms with E-state index in [4.69, 9.17) is 4.74 Å². The van der Waals surface area contributed by atoms with Gasteiger partial charge in [-0.1, -0.05) is 22.4 Å². The number of rotatable bonds is 2. The molecule has 1 aromatic rings. The van der Waals surface area contributed by atoms with Crippen LogP contribution in [0.25, 0.3) is 0 Å². The smallest absolute Gasteiger partial charge is 0.307 e. The third-order valence-electron chi connectivity index (χ3n) is 4.45. The minimum Gasteiger partial charge on any atom is -0.458 e. The van der Waals surface area contributed by atoms with Crippen molar-refractivity contribution in [3.05, 3.63) is 28.7 Å². The normalized spacial score (nSPS) is 23.9. The highest BCUT2D eigenvalue weighted by molar-refractivity contribution is 9.10. The highest BCUT2D eigenvalue weighted by atomic mass is 79.9. The number of hydrogen-bond donors (Lipinski definition) is 1. The predicted octanol–water partition coefficient (Wildman–Crippen LogP) is 3.65. The Morgan fingerprint density at radius 1 is 1.19 bits per heavy atom. The molecule has 5 heteroatoms. The Balaban J connectivity index is 1.76. The molecule has 1 heterocycles. The largest absolute Gasteiger partial charge is 0.458 e. The lowest BCUT2D eigenvalue weighted by atomic mass is 9.75. The summed E-state index contributed by atoms with van der Waals surface area (Å²) in [5.41, 5.74) is 0.183. The van der Waals surface area contributed by atoms with Gasteiger partial charge in [-0.25, -0.2) is 0 Å². The molecular weight excluding hydrogens is 334 g/mol. The molecule has 1 aliphatic carbocycles. The molecule has 0 bridgehead atoms. The van der Waals surface area contributed by atoms with Crippen molar-refractivity contribution >= 4 is 33.5 Å². The Morgan fingerprint density at radius 2 is 1.86 bits per heavy atom. The molecule has 21 heavy (non-hydrogen) atoms. The maximum absolute atomic E-state index is 12.6. The number of hydrogen-bond acceptors (Lipinski definition) is 3. The number of amides is 1. The monoisotopic (exact) mass is 351 g/mol. The van der Waals surface area contributed by atoms with Crippen LogP contribution in [0.1, 0.15) is 38.5 Å². The van der Waals surface area contributed by atoms with Crippen LogP contribution in [0.15, 0.2) is 28.7 Å². The molecule has 1 aliphatic heterocycles. The second-order valence-corrected chi connectivity index (χ2v) is 6.77. The summed E-state index contributed by atoms with van der Waals surface area (Å²) in [5.74, 6) is -0.716. The van der Waals surface area contributed by atoms with Crippen LogP contribution in [0.4, 0.5) is 5.69 Å². The topological polar surface area (TPSA) is 55.4 Å². The Hall–Kier alpha value is -1.36. The van der Waals surface area contributed by atoms with Crippen LogP contribution >= 0.6 is 15.9 Å². The number of halogens is 1. The summed E-state index contributed by atoms with van der Waals surface area (Å²) in [6.45, 7) is 0. The van der Waals surface area contributed by atoms with E-state index in [2.05, 4.69) is 21.2 Å². The number of nitrogens with one attached hydrogen (secondary N) is 1.